The van der Waals surface area contributed by atoms with Crippen LogP contribution in [0.15, 0.2) is 0 Å². The van der Waals surface area contributed by atoms with E-state index in [1.165, 1.54) is 0 Å². The van der Waals surface area contributed by atoms with Crippen molar-refractivity contribution in [3.63, 3.8) is 0 Å². The number of ether oxygens (including phenoxy) is 1. The van der Waals surface area contributed by atoms with E-state index >= 15 is 0 Å². The highest BCUT2D eigenvalue weighted by atomic mass is 16.5. The van der Waals surface area contributed by atoms with E-state index in [-0.39, 0.29) is 5.54 Å². The molecular formula is C11H21N5O. The molecule has 0 saturated carbocycles. The summed E-state index contributed by atoms with van der Waals surface area (Å²) in [6.45, 7) is 8.77. The lowest BCUT2D eigenvalue weighted by Crippen LogP contribution is -2.27. The van der Waals surface area contributed by atoms with Gasteiger partial charge in [0.05, 0.1) is 6.61 Å². The smallest absolute Gasteiger partial charge is 0.323 e. The summed E-state index contributed by atoms with van der Waals surface area (Å²) in [6, 6.07) is 0.345. The predicted molar refractivity (Wildman–Crippen MR) is 68.5 cm³/mol. The second-order valence-corrected chi connectivity index (χ2v) is 4.74. The van der Waals surface area contributed by atoms with E-state index in [4.69, 9.17) is 4.74 Å². The molecule has 0 saturated heterocycles. The third-order valence-corrected chi connectivity index (χ3v) is 1.76. The molecule has 0 amide bonds. The zero-order chi connectivity index (χ0) is 12.9. The van der Waals surface area contributed by atoms with Gasteiger partial charge in [-0.2, -0.15) is 15.0 Å². The van der Waals surface area contributed by atoms with Crippen LogP contribution in [-0.4, -0.2) is 34.1 Å². The van der Waals surface area contributed by atoms with Crippen LogP contribution in [0.2, 0.25) is 0 Å². The Balaban J connectivity index is 2.88. The van der Waals surface area contributed by atoms with Gasteiger partial charge in [-0.25, -0.2) is 0 Å². The molecule has 0 unspecified atom stereocenters. The molecule has 6 heteroatoms. The van der Waals surface area contributed by atoms with Gasteiger partial charge in [-0.15, -0.1) is 0 Å². The fraction of sp³-hybridized carbons (Fsp3) is 0.727. The molecule has 17 heavy (non-hydrogen) atoms. The lowest BCUT2D eigenvalue weighted by molar-refractivity contribution is 0.292. The number of nitrogens with one attached hydrogen (secondary N) is 2. The lowest BCUT2D eigenvalue weighted by Gasteiger charge is -2.20. The maximum absolute atomic E-state index is 5.41. The van der Waals surface area contributed by atoms with E-state index in [2.05, 4.69) is 25.6 Å². The van der Waals surface area contributed by atoms with E-state index in [1.807, 2.05) is 27.7 Å². The minimum Gasteiger partial charge on any atom is -0.463 e. The first-order chi connectivity index (χ1) is 7.94. The van der Waals surface area contributed by atoms with Crippen LogP contribution in [0.1, 0.15) is 34.1 Å². The number of nitrogens with zero attached hydrogens (tertiary/aromatic N) is 3. The quantitative estimate of drug-likeness (QED) is 0.817. The minimum absolute atomic E-state index is 0.103. The minimum atomic E-state index is -0.103. The average Bonchev–Trinajstić information content (AvgIpc) is 2.23. The van der Waals surface area contributed by atoms with Crippen molar-refractivity contribution in [1.29, 1.82) is 0 Å². The Kier molecular flexibility index (Phi) is 4.48. The van der Waals surface area contributed by atoms with E-state index in [1.54, 1.807) is 7.05 Å². The van der Waals surface area contributed by atoms with Gasteiger partial charge in [0, 0.05) is 12.6 Å². The standard InChI is InChI=1S/C11H21N5O/c1-6-7-17-10-14-8(12-5)13-9(15-10)16-11(2,3)4/h6-7H2,1-5H3,(H2,12,13,14,15,16). The Hall–Kier alpha value is -1.59. The van der Waals surface area contributed by atoms with Gasteiger partial charge >= 0.3 is 6.01 Å². The molecule has 0 aromatic carbocycles. The van der Waals surface area contributed by atoms with Gasteiger partial charge in [0.15, 0.2) is 0 Å². The maximum Gasteiger partial charge on any atom is 0.323 e. The largest absolute Gasteiger partial charge is 0.463 e. The lowest BCUT2D eigenvalue weighted by atomic mass is 10.1. The predicted octanol–water partition coefficient (Wildman–Crippen LogP) is 1.91. The third-order valence-electron chi connectivity index (χ3n) is 1.76. The maximum atomic E-state index is 5.41. The van der Waals surface area contributed by atoms with Gasteiger partial charge in [0.1, 0.15) is 0 Å². The zero-order valence-electron chi connectivity index (χ0n) is 11.2. The Labute approximate surface area is 102 Å². The van der Waals surface area contributed by atoms with Crippen LogP contribution in [-0.2, 0) is 0 Å². The summed E-state index contributed by atoms with van der Waals surface area (Å²) < 4.78 is 5.41. The number of aromatic nitrogens is 3. The highest BCUT2D eigenvalue weighted by molar-refractivity contribution is 5.36. The highest BCUT2D eigenvalue weighted by Crippen LogP contribution is 2.15. The summed E-state index contributed by atoms with van der Waals surface area (Å²) in [6.07, 6.45) is 0.919. The molecule has 6 nitrogen and oxygen atoms in total. The van der Waals surface area contributed by atoms with E-state index in [9.17, 15) is 0 Å². The Morgan fingerprint density at radius 1 is 1.12 bits per heavy atom. The monoisotopic (exact) mass is 239 g/mol. The zero-order valence-corrected chi connectivity index (χ0v) is 11.2. The Morgan fingerprint density at radius 2 is 1.76 bits per heavy atom. The summed E-state index contributed by atoms with van der Waals surface area (Å²) in [5.41, 5.74) is -0.103. The summed E-state index contributed by atoms with van der Waals surface area (Å²) in [5, 5.41) is 6.08. The molecule has 1 aromatic heterocycles. The molecular weight excluding hydrogens is 218 g/mol. The molecule has 0 radical (unpaired) electrons. The van der Waals surface area contributed by atoms with Gasteiger partial charge < -0.3 is 15.4 Å². The number of anilines is 2. The molecule has 0 bridgehead atoms. The van der Waals surface area contributed by atoms with Crippen LogP contribution in [0.25, 0.3) is 0 Å². The van der Waals surface area contributed by atoms with E-state index in [0.29, 0.717) is 24.5 Å². The van der Waals surface area contributed by atoms with Crippen LogP contribution in [0.5, 0.6) is 6.01 Å². The average molecular weight is 239 g/mol. The summed E-state index contributed by atoms with van der Waals surface area (Å²) in [7, 11) is 1.76. The molecule has 2 N–H and O–H groups in total. The van der Waals surface area contributed by atoms with Gasteiger partial charge in [-0.05, 0) is 27.2 Å². The fourth-order valence-corrected chi connectivity index (χ4v) is 1.12. The topological polar surface area (TPSA) is 72.0 Å². The first-order valence-electron chi connectivity index (χ1n) is 5.79. The Bertz CT molecular complexity index is 361. The fourth-order valence-electron chi connectivity index (χ4n) is 1.12. The van der Waals surface area contributed by atoms with Gasteiger partial charge in [-0.3, -0.25) is 0 Å². The van der Waals surface area contributed by atoms with Crippen LogP contribution >= 0.6 is 0 Å². The van der Waals surface area contributed by atoms with E-state index < -0.39 is 0 Å². The van der Waals surface area contributed by atoms with Crippen molar-refractivity contribution in [2.45, 2.75) is 39.7 Å². The second-order valence-electron chi connectivity index (χ2n) is 4.74. The molecule has 0 atom stereocenters. The third kappa shape index (κ3) is 4.84. The summed E-state index contributed by atoms with van der Waals surface area (Å²) in [4.78, 5) is 12.6. The first kappa shape index (κ1) is 13.5. The number of hydrogen-bond acceptors (Lipinski definition) is 6. The molecule has 96 valence electrons. The van der Waals surface area contributed by atoms with Gasteiger partial charge in [0.25, 0.3) is 0 Å². The van der Waals surface area contributed by atoms with Crippen molar-refractivity contribution in [2.75, 3.05) is 24.3 Å². The molecule has 0 spiro atoms. The number of hydrogen-bond donors (Lipinski definition) is 2. The van der Waals surface area contributed by atoms with Crippen LogP contribution in [0.4, 0.5) is 11.9 Å². The van der Waals surface area contributed by atoms with Crippen molar-refractivity contribution < 1.29 is 4.74 Å². The van der Waals surface area contributed by atoms with Crippen LogP contribution in [0.3, 0.4) is 0 Å². The molecule has 0 aliphatic carbocycles. The molecule has 0 fully saturated rings. The summed E-state index contributed by atoms with van der Waals surface area (Å²) >= 11 is 0. The summed E-state index contributed by atoms with van der Waals surface area (Å²) in [5.74, 6) is 1.01. The molecule has 1 rings (SSSR count). The van der Waals surface area contributed by atoms with Crippen LogP contribution in [0, 0.1) is 0 Å². The van der Waals surface area contributed by atoms with Gasteiger partial charge in [-0.1, -0.05) is 6.92 Å². The van der Waals surface area contributed by atoms with Crippen LogP contribution < -0.4 is 15.4 Å². The molecule has 1 aromatic rings. The van der Waals surface area contributed by atoms with Crippen molar-refractivity contribution in [2.24, 2.45) is 0 Å². The number of rotatable bonds is 5. The second kappa shape index (κ2) is 5.65. The normalized spacial score (nSPS) is 11.1. The van der Waals surface area contributed by atoms with Crippen molar-refractivity contribution in [1.82, 2.24) is 15.0 Å². The van der Waals surface area contributed by atoms with Gasteiger partial charge in [0.2, 0.25) is 11.9 Å². The Morgan fingerprint density at radius 3 is 2.29 bits per heavy atom. The molecule has 1 heterocycles. The highest BCUT2D eigenvalue weighted by Gasteiger charge is 2.13. The van der Waals surface area contributed by atoms with E-state index in [0.717, 1.165) is 6.42 Å². The van der Waals surface area contributed by atoms with Crippen molar-refractivity contribution >= 4 is 11.9 Å². The molecule has 0 aliphatic heterocycles. The van der Waals surface area contributed by atoms with Crippen molar-refractivity contribution in [3.8, 4) is 6.01 Å². The molecule has 0 aliphatic rings. The van der Waals surface area contributed by atoms with Crippen molar-refractivity contribution in [3.05, 3.63) is 0 Å². The first-order valence-corrected chi connectivity index (χ1v) is 5.79. The SMILES string of the molecule is CCCOc1nc(NC)nc(NC(C)(C)C)n1.